The first-order chi connectivity index (χ1) is 21.3. The van der Waals surface area contributed by atoms with Crippen LogP contribution < -0.4 is 19.8 Å². The fraction of sp³-hybridized carbons (Fsp3) is 0.278. The maximum absolute atomic E-state index is 14.6. The Morgan fingerprint density at radius 3 is 2.34 bits per heavy atom. The monoisotopic (exact) mass is 605 g/mol. The van der Waals surface area contributed by atoms with Crippen molar-refractivity contribution in [1.29, 1.82) is 0 Å². The summed E-state index contributed by atoms with van der Waals surface area (Å²) in [6.45, 7) is 8.84. The van der Waals surface area contributed by atoms with Crippen LogP contribution in [0.1, 0.15) is 74.8 Å². The van der Waals surface area contributed by atoms with Crippen LogP contribution in [-0.2, 0) is 14.3 Å². The molecule has 2 aliphatic rings. The molecule has 8 heteroatoms. The van der Waals surface area contributed by atoms with Crippen molar-refractivity contribution >= 4 is 40.2 Å². The van der Waals surface area contributed by atoms with Crippen LogP contribution in [0.5, 0.6) is 0 Å². The molecule has 0 bridgehead atoms. The predicted molar refractivity (Wildman–Crippen MR) is 174 cm³/mol. The van der Waals surface area contributed by atoms with Crippen LogP contribution >= 0.6 is 11.3 Å². The number of esters is 1. The highest BCUT2D eigenvalue weighted by atomic mass is 32.1. The van der Waals surface area contributed by atoms with Crippen molar-refractivity contribution in [2.45, 2.75) is 52.5 Å². The first kappa shape index (κ1) is 29.5. The maximum Gasteiger partial charge on any atom is 0.338 e. The highest BCUT2D eigenvalue weighted by molar-refractivity contribution is 7.07. The minimum atomic E-state index is -0.793. The summed E-state index contributed by atoms with van der Waals surface area (Å²) in [5.41, 5.74) is 5.00. The molecule has 0 N–H and O–H groups in total. The summed E-state index contributed by atoms with van der Waals surface area (Å²) in [5.74, 6) is -0.397. The van der Waals surface area contributed by atoms with Crippen molar-refractivity contribution in [2.75, 3.05) is 18.1 Å². The molecule has 0 unspecified atom stereocenters. The van der Waals surface area contributed by atoms with E-state index in [1.54, 1.807) is 16.4 Å². The van der Waals surface area contributed by atoms with Crippen molar-refractivity contribution in [3.63, 3.8) is 0 Å². The summed E-state index contributed by atoms with van der Waals surface area (Å²) in [6.07, 6.45) is 1.79. The number of hydrogen-bond donors (Lipinski definition) is 0. The third-order valence-corrected chi connectivity index (χ3v) is 9.21. The SMILES string of the molecule is CCCCN1C(=O)/C(=c2/sc3n(c2=O)[C@H](c2ccc(C(C)C)cc2)C(C(=O)OCC)=C(c2ccccc2)N=3)c2ccccc21. The van der Waals surface area contributed by atoms with Gasteiger partial charge in [-0.1, -0.05) is 111 Å². The minimum absolute atomic E-state index is 0.177. The first-order valence-corrected chi connectivity index (χ1v) is 16.0. The Balaban J connectivity index is 1.67. The molecule has 1 amide bonds. The lowest BCUT2D eigenvalue weighted by Gasteiger charge is -2.26. The van der Waals surface area contributed by atoms with Gasteiger partial charge in [-0.2, -0.15) is 0 Å². The third-order valence-electron chi connectivity index (χ3n) is 8.15. The second-order valence-electron chi connectivity index (χ2n) is 11.3. The smallest absolute Gasteiger partial charge is 0.338 e. The number of para-hydroxylation sites is 1. The Morgan fingerprint density at radius 1 is 0.955 bits per heavy atom. The standard InChI is InChI=1S/C36H35N3O4S/c1-5-7-21-38-27-16-12-11-15-26(27)28(33(38)40)32-34(41)39-31(25-19-17-23(18-20-25)22(3)4)29(35(42)43-6-2)30(37-36(39)44-32)24-13-9-8-10-14-24/h8-20,22,31H,5-7,21H2,1-4H3/b32-28+/t31-/m1/s1. The van der Waals surface area contributed by atoms with E-state index in [0.29, 0.717) is 38.6 Å². The van der Waals surface area contributed by atoms with Gasteiger partial charge in [-0.3, -0.25) is 14.2 Å². The predicted octanol–water partition coefficient (Wildman–Crippen LogP) is 5.58. The summed E-state index contributed by atoms with van der Waals surface area (Å²) in [5, 5.41) is 0. The first-order valence-electron chi connectivity index (χ1n) is 15.2. The van der Waals surface area contributed by atoms with E-state index in [-0.39, 0.29) is 18.1 Å². The van der Waals surface area contributed by atoms with Gasteiger partial charge in [-0.15, -0.1) is 0 Å². The van der Waals surface area contributed by atoms with E-state index in [2.05, 4.69) is 20.8 Å². The number of anilines is 1. The molecule has 0 saturated carbocycles. The van der Waals surface area contributed by atoms with Crippen LogP contribution in [0.25, 0.3) is 11.3 Å². The molecule has 4 aromatic rings. The summed E-state index contributed by atoms with van der Waals surface area (Å²) >= 11 is 1.20. The maximum atomic E-state index is 14.6. The summed E-state index contributed by atoms with van der Waals surface area (Å²) in [6, 6.07) is 24.3. The molecule has 0 fully saturated rings. The van der Waals surface area contributed by atoms with Gasteiger partial charge in [0.1, 0.15) is 4.53 Å². The summed E-state index contributed by atoms with van der Waals surface area (Å²) in [7, 11) is 0. The van der Waals surface area contributed by atoms with E-state index < -0.39 is 12.0 Å². The lowest BCUT2D eigenvalue weighted by Crippen LogP contribution is -2.41. The largest absolute Gasteiger partial charge is 0.463 e. The quantitative estimate of drug-likeness (QED) is 0.246. The average molecular weight is 606 g/mol. The van der Waals surface area contributed by atoms with Gasteiger partial charge in [0.15, 0.2) is 4.80 Å². The average Bonchev–Trinajstić information content (AvgIpc) is 3.51. The molecular weight excluding hydrogens is 570 g/mol. The zero-order valence-electron chi connectivity index (χ0n) is 25.4. The number of carbonyl (C=O) groups is 2. The van der Waals surface area contributed by atoms with E-state index in [0.717, 1.165) is 40.8 Å². The number of fused-ring (bicyclic) bond motifs is 2. The zero-order chi connectivity index (χ0) is 31.0. The van der Waals surface area contributed by atoms with E-state index in [9.17, 15) is 14.4 Å². The molecule has 6 rings (SSSR count). The van der Waals surface area contributed by atoms with Crippen molar-refractivity contribution in [2.24, 2.45) is 4.99 Å². The van der Waals surface area contributed by atoms with Crippen molar-refractivity contribution in [3.8, 4) is 0 Å². The number of amides is 1. The highest BCUT2D eigenvalue weighted by Crippen LogP contribution is 2.37. The number of unbranched alkanes of at least 4 members (excludes halogenated alkanes) is 1. The Labute approximate surface area is 260 Å². The number of nitrogens with zero attached hydrogens (tertiary/aromatic N) is 3. The van der Waals surface area contributed by atoms with Gasteiger partial charge in [0.25, 0.3) is 11.5 Å². The molecule has 1 atom stereocenters. The van der Waals surface area contributed by atoms with Crippen LogP contribution in [0, 0.1) is 0 Å². The summed E-state index contributed by atoms with van der Waals surface area (Å²) < 4.78 is 7.48. The number of thiazole rings is 1. The molecule has 0 radical (unpaired) electrons. The molecule has 2 aliphatic heterocycles. The molecule has 0 saturated heterocycles. The Morgan fingerprint density at radius 2 is 1.66 bits per heavy atom. The van der Waals surface area contributed by atoms with Gasteiger partial charge in [0.05, 0.1) is 35.2 Å². The van der Waals surface area contributed by atoms with Crippen molar-refractivity contribution < 1.29 is 14.3 Å². The van der Waals surface area contributed by atoms with Crippen molar-refractivity contribution in [3.05, 3.63) is 126 Å². The fourth-order valence-corrected chi connectivity index (χ4v) is 7.00. The summed E-state index contributed by atoms with van der Waals surface area (Å²) in [4.78, 5) is 49.4. The van der Waals surface area contributed by atoms with Gasteiger partial charge in [-0.05, 0) is 36.5 Å². The van der Waals surface area contributed by atoms with Gasteiger partial charge >= 0.3 is 5.97 Å². The van der Waals surface area contributed by atoms with Gasteiger partial charge in [0.2, 0.25) is 0 Å². The van der Waals surface area contributed by atoms with Crippen LogP contribution in [0.2, 0.25) is 0 Å². The molecule has 44 heavy (non-hydrogen) atoms. The normalized spacial score (nSPS) is 17.1. The molecule has 0 spiro atoms. The second-order valence-corrected chi connectivity index (χ2v) is 12.3. The van der Waals surface area contributed by atoms with Gasteiger partial charge < -0.3 is 9.64 Å². The minimum Gasteiger partial charge on any atom is -0.463 e. The van der Waals surface area contributed by atoms with Crippen LogP contribution in [-0.4, -0.2) is 29.6 Å². The fourth-order valence-electron chi connectivity index (χ4n) is 5.91. The number of benzene rings is 3. The lowest BCUT2D eigenvalue weighted by atomic mass is 9.91. The van der Waals surface area contributed by atoms with E-state index >= 15 is 0 Å². The number of ether oxygens (including phenoxy) is 1. The molecule has 0 aliphatic carbocycles. The Bertz CT molecular complexity index is 1950. The molecule has 1 aromatic heterocycles. The highest BCUT2D eigenvalue weighted by Gasteiger charge is 2.38. The van der Waals surface area contributed by atoms with Gasteiger partial charge in [-0.25, -0.2) is 9.79 Å². The van der Waals surface area contributed by atoms with Crippen LogP contribution in [0.15, 0.2) is 94.2 Å². The Hall–Kier alpha value is -4.56. The molecule has 3 heterocycles. The molecule has 7 nitrogen and oxygen atoms in total. The van der Waals surface area contributed by atoms with Crippen LogP contribution in [0.4, 0.5) is 5.69 Å². The number of carbonyl (C=O) groups excluding carboxylic acids is 2. The number of aromatic nitrogens is 1. The van der Waals surface area contributed by atoms with E-state index in [4.69, 9.17) is 9.73 Å². The topological polar surface area (TPSA) is 81.0 Å². The van der Waals surface area contributed by atoms with E-state index in [1.807, 2.05) is 78.9 Å². The zero-order valence-corrected chi connectivity index (χ0v) is 26.2. The number of hydrogen-bond acceptors (Lipinski definition) is 6. The Kier molecular flexibility index (Phi) is 8.19. The molecule has 3 aromatic carbocycles. The molecular formula is C36H35N3O4S. The van der Waals surface area contributed by atoms with Crippen molar-refractivity contribution in [1.82, 2.24) is 4.57 Å². The van der Waals surface area contributed by atoms with Crippen LogP contribution in [0.3, 0.4) is 0 Å². The van der Waals surface area contributed by atoms with E-state index in [1.165, 1.54) is 11.3 Å². The van der Waals surface area contributed by atoms with Gasteiger partial charge in [0, 0.05) is 17.7 Å². The lowest BCUT2D eigenvalue weighted by molar-refractivity contribution is -0.138. The third kappa shape index (κ3) is 5.03. The second kappa shape index (κ2) is 12.2. The molecule has 224 valence electrons. The number of rotatable bonds is 8.